The standard InChI is InChI=1S/C52H95N4O13PS/c1-3-5-7-9-11-13-15-17-19-21-23-25-29-37-48(59)66-40-43(68-49(60)38-30-26-24-22-20-18-16-14-12-10-8-6-4-2)41-67-70(64,65)69-55-47(58)36-28-27-33-39-53-46(57)35-32-31-34-45-50-44(42-71-45)56(52(62)63)51(61)54-50/h43-45,50H,3-42H2,1-2H3,(H,53,57)(H,54,61)(H,55,58)(H,62,63)(H,64,65)/t43?,44-,45?,50-/m0/s1. The van der Waals surface area contributed by atoms with Crippen molar-refractivity contribution < 1.29 is 62.0 Å². The molecule has 5 N–H and O–H groups in total. The number of carbonyl (C=O) groups excluding carboxylic acids is 5. The van der Waals surface area contributed by atoms with E-state index in [0.29, 0.717) is 57.2 Å². The van der Waals surface area contributed by atoms with Gasteiger partial charge in [0.25, 0.3) is 0 Å². The largest absolute Gasteiger partial charge is 0.493 e. The fourth-order valence-corrected chi connectivity index (χ4v) is 11.3. The van der Waals surface area contributed by atoms with Gasteiger partial charge in [-0.2, -0.15) is 16.4 Å². The lowest BCUT2D eigenvalue weighted by atomic mass is 10.0. The van der Waals surface area contributed by atoms with Gasteiger partial charge in [-0.3, -0.25) is 23.7 Å². The van der Waals surface area contributed by atoms with E-state index in [1.807, 2.05) is 5.48 Å². The van der Waals surface area contributed by atoms with Gasteiger partial charge >= 0.3 is 31.9 Å². The van der Waals surface area contributed by atoms with Crippen molar-refractivity contribution in [3.63, 3.8) is 0 Å². The monoisotopic (exact) mass is 1050 g/mol. The predicted molar refractivity (Wildman–Crippen MR) is 279 cm³/mol. The van der Waals surface area contributed by atoms with Crippen LogP contribution >= 0.6 is 19.6 Å². The van der Waals surface area contributed by atoms with Gasteiger partial charge in [-0.25, -0.2) is 24.5 Å². The molecule has 5 atom stereocenters. The number of hydrogen-bond donors (Lipinski definition) is 5. The number of rotatable bonds is 47. The molecule has 0 aromatic carbocycles. The average molecular weight is 1050 g/mol. The maximum Gasteiger partial charge on any atom is 0.493 e. The Hall–Kier alpha value is -2.92. The van der Waals surface area contributed by atoms with Crippen LogP contribution in [0.1, 0.15) is 245 Å². The van der Waals surface area contributed by atoms with Crippen LogP contribution in [0, 0.1) is 0 Å². The van der Waals surface area contributed by atoms with Crippen LogP contribution in [-0.4, -0.2) is 99.7 Å². The Kier molecular flexibility index (Phi) is 37.5. The summed E-state index contributed by atoms with van der Waals surface area (Å²) in [7, 11) is -4.83. The fraction of sp³-hybridized carbons (Fsp3) is 0.885. The first-order valence-electron chi connectivity index (χ1n) is 27.9. The number of fused-ring (bicyclic) bond motifs is 1. The van der Waals surface area contributed by atoms with Crippen LogP contribution in [0.2, 0.25) is 0 Å². The number of urea groups is 1. The molecule has 3 unspecified atom stereocenters. The number of carbonyl (C=O) groups is 6. The molecule has 2 heterocycles. The molecular weight excluding hydrogens is 952 g/mol. The molecular formula is C52H95N4O13PS. The number of nitrogens with one attached hydrogen (secondary N) is 3. The van der Waals surface area contributed by atoms with Crippen molar-refractivity contribution in [1.82, 2.24) is 21.0 Å². The number of phosphoric acid groups is 1. The second-order valence-corrected chi connectivity index (χ2v) is 22.3. The molecule has 0 aromatic heterocycles. The lowest BCUT2D eigenvalue weighted by Gasteiger charge is -2.20. The summed E-state index contributed by atoms with van der Waals surface area (Å²) in [5.74, 6) is -1.15. The van der Waals surface area contributed by atoms with Gasteiger partial charge in [0.15, 0.2) is 6.10 Å². The molecule has 2 fully saturated rings. The van der Waals surface area contributed by atoms with Gasteiger partial charge in [0.2, 0.25) is 11.8 Å². The molecule has 0 aromatic rings. The zero-order valence-electron chi connectivity index (χ0n) is 43.8. The summed E-state index contributed by atoms with van der Waals surface area (Å²) < 4.78 is 33.5. The molecule has 17 nitrogen and oxygen atoms in total. The van der Waals surface area contributed by atoms with Crippen LogP contribution in [0.25, 0.3) is 0 Å². The molecule has 5 amide bonds. The van der Waals surface area contributed by atoms with Crippen molar-refractivity contribution in [2.45, 2.75) is 268 Å². The van der Waals surface area contributed by atoms with E-state index in [9.17, 15) is 43.3 Å². The average Bonchev–Trinajstić information content (AvgIpc) is 3.89. The SMILES string of the molecule is CCCCCCCCCCCCCCCC(=O)OCC(COP(=O)(O)ONC(=O)CCCCCNC(=O)CCCCC1SC[C@H]2[C@@H]1NC(=O)N2C(=O)O)OC(=O)CCCCCCCCCCCCCCC. The number of amides is 5. The van der Waals surface area contributed by atoms with Gasteiger partial charge in [-0.05, 0) is 38.5 Å². The number of phosphoric ester groups is 1. The van der Waals surface area contributed by atoms with Crippen molar-refractivity contribution in [3.05, 3.63) is 0 Å². The van der Waals surface area contributed by atoms with E-state index in [1.165, 1.54) is 116 Å². The third kappa shape index (κ3) is 32.8. The first-order valence-corrected chi connectivity index (χ1v) is 30.4. The Morgan fingerprint density at radius 2 is 1.11 bits per heavy atom. The summed E-state index contributed by atoms with van der Waals surface area (Å²) in [4.78, 5) is 84.7. The second kappa shape index (κ2) is 41.4. The smallest absolute Gasteiger partial charge is 0.465 e. The van der Waals surface area contributed by atoms with Crippen LogP contribution in [0.15, 0.2) is 0 Å². The third-order valence-electron chi connectivity index (χ3n) is 13.3. The Balaban J connectivity index is 1.63. The van der Waals surface area contributed by atoms with E-state index >= 15 is 0 Å². The van der Waals surface area contributed by atoms with Crippen molar-refractivity contribution in [2.24, 2.45) is 0 Å². The number of carboxylic acid groups (broad SMARTS) is 1. The van der Waals surface area contributed by atoms with E-state index in [4.69, 9.17) is 18.6 Å². The minimum absolute atomic E-state index is 0.00566. The molecule has 2 rings (SSSR count). The van der Waals surface area contributed by atoms with Crippen molar-refractivity contribution in [1.29, 1.82) is 0 Å². The van der Waals surface area contributed by atoms with Crippen LogP contribution in [-0.2, 0) is 42.4 Å². The summed E-state index contributed by atoms with van der Waals surface area (Å²) in [5, 5.41) is 15.1. The molecule has 2 aliphatic rings. The van der Waals surface area contributed by atoms with Crippen LogP contribution < -0.4 is 16.1 Å². The first-order chi connectivity index (χ1) is 34.4. The summed E-state index contributed by atoms with van der Waals surface area (Å²) in [6, 6.07) is -1.14. The van der Waals surface area contributed by atoms with Crippen molar-refractivity contribution in [3.8, 4) is 0 Å². The zero-order valence-corrected chi connectivity index (χ0v) is 45.5. The molecule has 0 bridgehead atoms. The molecule has 2 saturated heterocycles. The fourth-order valence-electron chi connectivity index (χ4n) is 9.05. The maximum absolute atomic E-state index is 12.8. The third-order valence-corrected chi connectivity index (χ3v) is 15.6. The van der Waals surface area contributed by atoms with Gasteiger partial charge in [-0.1, -0.05) is 181 Å². The van der Waals surface area contributed by atoms with Crippen molar-refractivity contribution in [2.75, 3.05) is 25.5 Å². The summed E-state index contributed by atoms with van der Waals surface area (Å²) in [6.45, 7) is 3.94. The maximum atomic E-state index is 12.8. The second-order valence-electron chi connectivity index (χ2n) is 19.6. The number of esters is 2. The highest BCUT2D eigenvalue weighted by molar-refractivity contribution is 8.00. The van der Waals surface area contributed by atoms with E-state index in [-0.39, 0.29) is 49.1 Å². The van der Waals surface area contributed by atoms with Gasteiger partial charge in [0, 0.05) is 43.2 Å². The molecule has 2 aliphatic heterocycles. The highest BCUT2D eigenvalue weighted by Crippen LogP contribution is 2.42. The van der Waals surface area contributed by atoms with E-state index in [1.54, 1.807) is 11.8 Å². The number of ether oxygens (including phenoxy) is 2. The van der Waals surface area contributed by atoms with E-state index in [0.717, 1.165) is 56.3 Å². The molecule has 19 heteroatoms. The number of nitrogens with zero attached hydrogens (tertiary/aromatic N) is 1. The van der Waals surface area contributed by atoms with Gasteiger partial charge in [0.1, 0.15) is 6.61 Å². The summed E-state index contributed by atoms with van der Waals surface area (Å²) in [5.41, 5.74) is 1.95. The lowest BCUT2D eigenvalue weighted by molar-refractivity contribution is -0.161. The zero-order chi connectivity index (χ0) is 51.8. The minimum Gasteiger partial charge on any atom is -0.465 e. The first kappa shape index (κ1) is 64.2. The molecule has 71 heavy (non-hydrogen) atoms. The summed E-state index contributed by atoms with van der Waals surface area (Å²) in [6.07, 6.45) is 32.8. The topological polar surface area (TPSA) is 236 Å². The highest BCUT2D eigenvalue weighted by Gasteiger charge is 2.50. The Morgan fingerprint density at radius 3 is 1.65 bits per heavy atom. The number of hydrogen-bond acceptors (Lipinski definition) is 12. The Bertz CT molecular complexity index is 1530. The number of hydroxylamine groups is 1. The van der Waals surface area contributed by atoms with E-state index in [2.05, 4.69) is 24.5 Å². The minimum atomic E-state index is -4.83. The van der Waals surface area contributed by atoms with Crippen LogP contribution in [0.5, 0.6) is 0 Å². The molecule has 0 radical (unpaired) electrons. The molecule has 0 saturated carbocycles. The van der Waals surface area contributed by atoms with Crippen LogP contribution in [0.4, 0.5) is 9.59 Å². The number of thioether (sulfide) groups is 1. The highest BCUT2D eigenvalue weighted by atomic mass is 32.2. The predicted octanol–water partition coefficient (Wildman–Crippen LogP) is 12.4. The molecule has 412 valence electrons. The normalized spacial score (nSPS) is 17.6. The Morgan fingerprint density at radius 1 is 0.648 bits per heavy atom. The van der Waals surface area contributed by atoms with Gasteiger partial charge in [0.05, 0.1) is 18.7 Å². The van der Waals surface area contributed by atoms with Gasteiger partial charge in [-0.15, -0.1) is 0 Å². The van der Waals surface area contributed by atoms with Crippen molar-refractivity contribution >= 4 is 55.5 Å². The number of imide groups is 1. The molecule has 0 aliphatic carbocycles. The van der Waals surface area contributed by atoms with Crippen LogP contribution in [0.3, 0.4) is 0 Å². The Labute approximate surface area is 430 Å². The lowest BCUT2D eigenvalue weighted by Crippen LogP contribution is -2.40. The van der Waals surface area contributed by atoms with E-state index < -0.39 is 50.5 Å². The number of unbranched alkanes of at least 4 members (excludes halogenated alkanes) is 27. The summed E-state index contributed by atoms with van der Waals surface area (Å²) >= 11 is 1.64. The molecule has 0 spiro atoms. The quantitative estimate of drug-likeness (QED) is 0.0125. The van der Waals surface area contributed by atoms with Gasteiger partial charge < -0.3 is 30.1 Å².